The van der Waals surface area contributed by atoms with Crippen LogP contribution in [0.3, 0.4) is 0 Å². The first-order valence-electron chi connectivity index (χ1n) is 10.2. The van der Waals surface area contributed by atoms with E-state index in [4.69, 9.17) is 4.74 Å². The van der Waals surface area contributed by atoms with E-state index < -0.39 is 6.09 Å². The number of fused-ring (bicyclic) bond motifs is 3. The molecule has 0 aromatic heterocycles. The summed E-state index contributed by atoms with van der Waals surface area (Å²) in [4.78, 5) is 17.1. The lowest BCUT2D eigenvalue weighted by atomic mass is 9.82. The van der Waals surface area contributed by atoms with E-state index in [1.54, 1.807) is 16.7 Å². The van der Waals surface area contributed by atoms with Gasteiger partial charge in [0, 0.05) is 21.0 Å². The third kappa shape index (κ3) is 3.33. The van der Waals surface area contributed by atoms with Crippen molar-refractivity contribution in [3.8, 4) is 5.75 Å². The van der Waals surface area contributed by atoms with Gasteiger partial charge in [-0.2, -0.15) is 0 Å². The third-order valence-corrected chi connectivity index (χ3v) is 6.79. The van der Waals surface area contributed by atoms with Crippen LogP contribution in [0.5, 0.6) is 5.75 Å². The highest BCUT2D eigenvalue weighted by Gasteiger charge is 2.31. The zero-order valence-corrected chi connectivity index (χ0v) is 18.1. The summed E-state index contributed by atoms with van der Waals surface area (Å²) in [5.74, 6) is 0.961. The fourth-order valence-corrected chi connectivity index (χ4v) is 5.52. The number of hydrogen-bond donors (Lipinski definition) is 1. The minimum atomic E-state index is -0.396. The van der Waals surface area contributed by atoms with E-state index >= 15 is 0 Å². The van der Waals surface area contributed by atoms with Crippen LogP contribution in [0.25, 0.3) is 0 Å². The average molecular weight is 417 g/mol. The molecule has 0 radical (unpaired) electrons. The summed E-state index contributed by atoms with van der Waals surface area (Å²) in [6.07, 6.45) is 0.633. The second kappa shape index (κ2) is 7.10. The molecule has 4 nitrogen and oxygen atoms in total. The van der Waals surface area contributed by atoms with Crippen molar-refractivity contribution in [3.05, 3.63) is 72.3 Å². The van der Waals surface area contributed by atoms with Crippen LogP contribution in [0, 0.1) is 0 Å². The summed E-state index contributed by atoms with van der Waals surface area (Å²) < 4.78 is 5.88. The number of para-hydroxylation sites is 2. The van der Waals surface area contributed by atoms with Crippen LogP contribution in [-0.2, 0) is 0 Å². The molecule has 0 unspecified atom stereocenters. The molecule has 2 aliphatic rings. The molecule has 0 saturated heterocycles. The highest BCUT2D eigenvalue weighted by atomic mass is 32.2. The first-order chi connectivity index (χ1) is 14.4. The van der Waals surface area contributed by atoms with Crippen molar-refractivity contribution < 1.29 is 9.53 Å². The lowest BCUT2D eigenvalue weighted by Crippen LogP contribution is -2.36. The van der Waals surface area contributed by atoms with Crippen LogP contribution < -0.4 is 15.0 Å². The Morgan fingerprint density at radius 2 is 1.67 bits per heavy atom. The van der Waals surface area contributed by atoms with Crippen molar-refractivity contribution in [1.82, 2.24) is 0 Å². The van der Waals surface area contributed by atoms with Crippen LogP contribution >= 0.6 is 11.8 Å². The monoisotopic (exact) mass is 416 g/mol. The molecule has 5 heteroatoms. The number of amides is 1. The van der Waals surface area contributed by atoms with Gasteiger partial charge in [-0.25, -0.2) is 9.69 Å². The van der Waals surface area contributed by atoms with Crippen molar-refractivity contribution >= 4 is 34.9 Å². The fraction of sp³-hybridized carbons (Fsp3) is 0.240. The summed E-state index contributed by atoms with van der Waals surface area (Å²) in [6, 6.07) is 21.7. The zero-order valence-electron chi connectivity index (χ0n) is 17.3. The predicted molar refractivity (Wildman–Crippen MR) is 122 cm³/mol. The molecular weight excluding hydrogens is 392 g/mol. The summed E-state index contributed by atoms with van der Waals surface area (Å²) in [7, 11) is 0. The molecule has 0 bridgehead atoms. The molecular formula is C25H24N2O2S. The zero-order chi connectivity index (χ0) is 20.9. The smallest absolute Gasteiger partial charge is 0.410 e. The number of rotatable bonds is 1. The number of ether oxygens (including phenoxy) is 1. The highest BCUT2D eigenvalue weighted by Crippen LogP contribution is 2.48. The fourth-order valence-electron chi connectivity index (χ4n) is 4.46. The quantitative estimate of drug-likeness (QED) is 0.456. The molecule has 3 aromatic carbocycles. The lowest BCUT2D eigenvalue weighted by molar-refractivity contribution is 0.210. The van der Waals surface area contributed by atoms with Crippen LogP contribution in [0.4, 0.5) is 21.9 Å². The lowest BCUT2D eigenvalue weighted by Gasteiger charge is -2.37. The van der Waals surface area contributed by atoms with Gasteiger partial charge in [-0.3, -0.25) is 0 Å². The normalized spacial score (nSPS) is 18.5. The Morgan fingerprint density at radius 3 is 2.33 bits per heavy atom. The molecule has 2 aliphatic heterocycles. The van der Waals surface area contributed by atoms with Crippen LogP contribution in [0.1, 0.15) is 38.7 Å². The second-order valence-electron chi connectivity index (χ2n) is 8.60. The van der Waals surface area contributed by atoms with Crippen molar-refractivity contribution in [2.75, 3.05) is 10.2 Å². The average Bonchev–Trinajstić information content (AvgIpc) is 2.71. The molecule has 30 heavy (non-hydrogen) atoms. The van der Waals surface area contributed by atoms with Gasteiger partial charge < -0.3 is 10.1 Å². The molecule has 0 aliphatic carbocycles. The molecule has 1 N–H and O–H groups in total. The number of benzene rings is 3. The summed E-state index contributed by atoms with van der Waals surface area (Å²) in [5, 5.41) is 3.58. The number of nitrogens with zero attached hydrogens (tertiary/aromatic N) is 1. The molecule has 1 atom stereocenters. The molecule has 152 valence electrons. The number of carbonyl (C=O) groups is 1. The van der Waals surface area contributed by atoms with Gasteiger partial charge in [-0.1, -0.05) is 43.0 Å². The van der Waals surface area contributed by atoms with Gasteiger partial charge in [0.1, 0.15) is 5.75 Å². The van der Waals surface area contributed by atoms with Crippen LogP contribution in [0.2, 0.25) is 0 Å². The van der Waals surface area contributed by atoms with E-state index in [1.807, 2.05) is 66.7 Å². The van der Waals surface area contributed by atoms with Crippen molar-refractivity contribution in [1.29, 1.82) is 0 Å². The van der Waals surface area contributed by atoms with Gasteiger partial charge in [0.2, 0.25) is 0 Å². The Labute approximate surface area is 181 Å². The third-order valence-electron chi connectivity index (χ3n) is 5.66. The Kier molecular flexibility index (Phi) is 4.51. The number of hydrogen-bond acceptors (Lipinski definition) is 4. The second-order valence-corrected chi connectivity index (χ2v) is 9.69. The number of anilines is 3. The Bertz CT molecular complexity index is 1100. The number of nitrogens with one attached hydrogen (secondary N) is 1. The largest absolute Gasteiger partial charge is 0.424 e. The maximum atomic E-state index is 13.3. The van der Waals surface area contributed by atoms with E-state index in [0.29, 0.717) is 11.7 Å². The molecule has 0 saturated carbocycles. The molecule has 3 aromatic rings. The molecule has 5 rings (SSSR count). The minimum Gasteiger partial charge on any atom is -0.410 e. The highest BCUT2D eigenvalue weighted by molar-refractivity contribution is 7.99. The van der Waals surface area contributed by atoms with Crippen LogP contribution in [-0.4, -0.2) is 11.6 Å². The van der Waals surface area contributed by atoms with Gasteiger partial charge in [0.25, 0.3) is 0 Å². The molecule has 2 heterocycles. The van der Waals surface area contributed by atoms with Crippen LogP contribution in [0.15, 0.2) is 76.5 Å². The number of carbonyl (C=O) groups excluding carboxylic acids is 1. The first kappa shape index (κ1) is 19.1. The van der Waals surface area contributed by atoms with E-state index in [-0.39, 0.29) is 5.54 Å². The molecule has 0 fully saturated rings. The van der Waals surface area contributed by atoms with E-state index in [1.165, 1.54) is 5.56 Å². The van der Waals surface area contributed by atoms with Crippen molar-refractivity contribution in [2.45, 2.75) is 48.4 Å². The Balaban J connectivity index is 1.48. The Morgan fingerprint density at radius 1 is 1.03 bits per heavy atom. The van der Waals surface area contributed by atoms with Gasteiger partial charge in [0.15, 0.2) is 0 Å². The Hall–Kier alpha value is -2.92. The minimum absolute atomic E-state index is 0.0590. The summed E-state index contributed by atoms with van der Waals surface area (Å²) >= 11 is 1.67. The van der Waals surface area contributed by atoms with Gasteiger partial charge in [-0.15, -0.1) is 0 Å². The van der Waals surface area contributed by atoms with Gasteiger partial charge >= 0.3 is 6.09 Å². The standard InChI is InChI=1S/C25H24N2O2S/c1-16-15-25(2,3)26-19-13-12-17(14-18(16)19)29-24(28)27-20-8-4-6-10-22(20)30-23-11-7-5-9-21(23)27/h4-14,16,26H,15H2,1-3H3/t16-/m0/s1. The summed E-state index contributed by atoms with van der Waals surface area (Å²) in [6.45, 7) is 6.65. The maximum Gasteiger partial charge on any atom is 0.424 e. The van der Waals surface area contributed by atoms with Gasteiger partial charge in [0.05, 0.1) is 11.4 Å². The van der Waals surface area contributed by atoms with Crippen molar-refractivity contribution in [2.24, 2.45) is 0 Å². The first-order valence-corrected chi connectivity index (χ1v) is 11.0. The molecule has 0 spiro atoms. The van der Waals surface area contributed by atoms with E-state index in [0.717, 1.165) is 33.3 Å². The van der Waals surface area contributed by atoms with E-state index in [9.17, 15) is 4.79 Å². The van der Waals surface area contributed by atoms with E-state index in [2.05, 4.69) is 26.1 Å². The topological polar surface area (TPSA) is 41.6 Å². The SMILES string of the molecule is C[C@H]1CC(C)(C)Nc2ccc(OC(=O)N3c4ccccc4Sc4ccccc43)cc21. The molecule has 1 amide bonds. The summed E-state index contributed by atoms with van der Waals surface area (Å²) in [5.41, 5.74) is 4.06. The maximum absolute atomic E-state index is 13.3. The van der Waals surface area contributed by atoms with Crippen molar-refractivity contribution in [3.63, 3.8) is 0 Å². The predicted octanol–water partition coefficient (Wildman–Crippen LogP) is 7.19. The van der Waals surface area contributed by atoms with Gasteiger partial charge in [-0.05, 0) is 74.2 Å².